The number of phenols is 2. The fourth-order valence-corrected chi connectivity index (χ4v) is 5.07. The topological polar surface area (TPSA) is 96.3 Å². The van der Waals surface area contributed by atoms with Crippen LogP contribution in [0.5, 0.6) is 17.2 Å². The Morgan fingerprint density at radius 1 is 1.13 bits per heavy atom. The number of carbonyl (C=O) groups excluding carboxylic acids is 2. The number of phenolic OH excluding ortho intramolecular Hbond substituents is 2. The van der Waals surface area contributed by atoms with Crippen molar-refractivity contribution in [1.29, 1.82) is 0 Å². The number of esters is 1. The second-order valence-electron chi connectivity index (χ2n) is 6.14. The molecule has 3 rings (SSSR count). The fourth-order valence-electron chi connectivity index (χ4n) is 2.67. The summed E-state index contributed by atoms with van der Waals surface area (Å²) in [5.74, 6) is -0.954. The molecule has 0 radical (unpaired) electrons. The summed E-state index contributed by atoms with van der Waals surface area (Å²) in [6, 6.07) is 12.0. The Morgan fingerprint density at radius 2 is 1.87 bits per heavy atom. The first-order valence-electron chi connectivity index (χ1n) is 8.62. The molecule has 1 amide bonds. The van der Waals surface area contributed by atoms with Crippen LogP contribution in [0.2, 0.25) is 0 Å². The molecule has 7 nitrogen and oxygen atoms in total. The minimum absolute atomic E-state index is 0.00946. The highest BCUT2D eigenvalue weighted by Crippen LogP contribution is 2.31. The van der Waals surface area contributed by atoms with E-state index in [1.807, 2.05) is 18.2 Å². The largest absolute Gasteiger partial charge is 0.504 e. The van der Waals surface area contributed by atoms with Crippen LogP contribution in [-0.4, -0.2) is 40.8 Å². The zero-order valence-electron chi connectivity index (χ0n) is 15.7. The third-order valence-corrected chi connectivity index (χ3v) is 7.08. The molecule has 0 aliphatic rings. The van der Waals surface area contributed by atoms with Crippen molar-refractivity contribution in [1.82, 2.24) is 5.06 Å². The second-order valence-corrected chi connectivity index (χ2v) is 9.05. The third-order valence-electron chi connectivity index (χ3n) is 4.17. The van der Waals surface area contributed by atoms with Gasteiger partial charge in [0.1, 0.15) is 3.82 Å². The molecule has 0 unspecified atom stereocenters. The average molecular weight is 464 g/mol. The molecule has 2 aromatic carbocycles. The molecule has 1 atom stereocenters. The van der Waals surface area contributed by atoms with E-state index in [-0.39, 0.29) is 17.9 Å². The number of benzene rings is 2. The Bertz CT molecular complexity index is 1090. The van der Waals surface area contributed by atoms with Crippen molar-refractivity contribution in [3.05, 3.63) is 57.9 Å². The Hall–Kier alpha value is -2.95. The minimum atomic E-state index is -1.10. The normalized spacial score (nSPS) is 11.5. The summed E-state index contributed by atoms with van der Waals surface area (Å²) in [7, 11) is 4.29. The lowest BCUT2D eigenvalue weighted by Gasteiger charge is -2.25. The molecular weight excluding hydrogens is 446 g/mol. The highest BCUT2D eigenvalue weighted by atomic mass is 32.9. The number of ether oxygens (including phenoxy) is 1. The molecule has 0 saturated heterocycles. The van der Waals surface area contributed by atoms with E-state index in [4.69, 9.17) is 21.8 Å². The van der Waals surface area contributed by atoms with Gasteiger partial charge in [-0.3, -0.25) is 4.79 Å². The number of nitrogens with zero attached hydrogens (tertiary/aromatic N) is 1. The van der Waals surface area contributed by atoms with E-state index in [9.17, 15) is 19.8 Å². The molecule has 0 saturated carbocycles. The van der Waals surface area contributed by atoms with E-state index >= 15 is 0 Å². The van der Waals surface area contributed by atoms with Crippen molar-refractivity contribution in [3.8, 4) is 27.7 Å². The maximum atomic E-state index is 12.3. The van der Waals surface area contributed by atoms with Gasteiger partial charge >= 0.3 is 5.97 Å². The average Bonchev–Trinajstić information content (AvgIpc) is 3.19. The van der Waals surface area contributed by atoms with Gasteiger partial charge in [-0.15, -0.1) is 0 Å². The summed E-state index contributed by atoms with van der Waals surface area (Å²) >= 11 is 5.15. The lowest BCUT2D eigenvalue weighted by atomic mass is 10.1. The predicted octanol–water partition coefficient (Wildman–Crippen LogP) is 4.15. The second kappa shape index (κ2) is 9.70. The number of amides is 1. The predicted molar refractivity (Wildman–Crippen MR) is 116 cm³/mol. The molecule has 0 aliphatic carbocycles. The quantitative estimate of drug-likeness (QED) is 0.129. The molecule has 0 spiro atoms. The summed E-state index contributed by atoms with van der Waals surface area (Å²) < 4.78 is 5.61. The molecule has 1 heterocycles. The summed E-state index contributed by atoms with van der Waals surface area (Å²) in [6.07, 6.45) is 0.399. The molecule has 3 aromatic rings. The molecule has 1 aromatic heterocycles. The standard InChI is InChI=1S/C20H17NO6S3/c1-26-20(25)15(8-12-2-7-16(23)17(24)9-12)21(11-22)27-14-5-3-13(4-6-14)18-10-19(28)30-29-18/h2-7,9-11,15,23-24H,8H2,1H3/t15-/m0/s1. The monoisotopic (exact) mass is 463 g/mol. The number of hydroxylamine groups is 2. The Balaban J connectivity index is 1.79. The van der Waals surface area contributed by atoms with Crippen molar-refractivity contribution in [3.63, 3.8) is 0 Å². The lowest BCUT2D eigenvalue weighted by molar-refractivity contribution is -0.169. The van der Waals surface area contributed by atoms with Gasteiger partial charge in [0, 0.05) is 11.3 Å². The summed E-state index contributed by atoms with van der Waals surface area (Å²) in [5.41, 5.74) is 1.46. The van der Waals surface area contributed by atoms with Gasteiger partial charge in [0.25, 0.3) is 0 Å². The molecule has 10 heteroatoms. The van der Waals surface area contributed by atoms with Gasteiger partial charge in [0.05, 0.1) is 7.11 Å². The maximum Gasteiger partial charge on any atom is 0.332 e. The molecule has 0 fully saturated rings. The summed E-state index contributed by atoms with van der Waals surface area (Å²) in [6.45, 7) is 0. The van der Waals surface area contributed by atoms with Gasteiger partial charge in [-0.05, 0) is 53.6 Å². The van der Waals surface area contributed by atoms with E-state index < -0.39 is 12.0 Å². The van der Waals surface area contributed by atoms with Crippen molar-refractivity contribution < 1.29 is 29.4 Å². The van der Waals surface area contributed by atoms with Crippen molar-refractivity contribution >= 4 is 45.3 Å². The van der Waals surface area contributed by atoms with E-state index in [1.165, 1.54) is 35.6 Å². The molecule has 30 heavy (non-hydrogen) atoms. The van der Waals surface area contributed by atoms with Crippen LogP contribution in [0.15, 0.2) is 48.5 Å². The van der Waals surface area contributed by atoms with Crippen LogP contribution in [0.25, 0.3) is 10.4 Å². The zero-order valence-corrected chi connectivity index (χ0v) is 18.1. The first-order chi connectivity index (χ1) is 14.4. The first-order valence-corrected chi connectivity index (χ1v) is 11.2. The number of methoxy groups -OCH3 is 1. The van der Waals surface area contributed by atoms with Crippen LogP contribution in [0, 0.1) is 3.82 Å². The smallest absolute Gasteiger partial charge is 0.332 e. The highest BCUT2D eigenvalue weighted by molar-refractivity contribution is 7.80. The van der Waals surface area contributed by atoms with E-state index in [1.54, 1.807) is 22.5 Å². The number of rotatable bonds is 8. The van der Waals surface area contributed by atoms with Crippen LogP contribution in [0.4, 0.5) is 0 Å². The van der Waals surface area contributed by atoms with Crippen LogP contribution < -0.4 is 4.84 Å². The van der Waals surface area contributed by atoms with E-state index in [0.717, 1.165) is 19.3 Å². The number of carbonyl (C=O) groups is 2. The molecule has 0 aliphatic heterocycles. The highest BCUT2D eigenvalue weighted by Gasteiger charge is 2.29. The van der Waals surface area contributed by atoms with Crippen molar-refractivity contribution in [2.75, 3.05) is 7.11 Å². The van der Waals surface area contributed by atoms with Crippen LogP contribution in [-0.2, 0) is 20.7 Å². The van der Waals surface area contributed by atoms with Crippen LogP contribution in [0.1, 0.15) is 5.56 Å². The van der Waals surface area contributed by atoms with E-state index in [0.29, 0.717) is 17.7 Å². The Labute approximate surface area is 184 Å². The summed E-state index contributed by atoms with van der Waals surface area (Å²) in [5, 5.41) is 20.0. The number of hydrogen-bond donors (Lipinski definition) is 2. The number of aromatic hydroxyl groups is 2. The van der Waals surface area contributed by atoms with Gasteiger partial charge in [0.15, 0.2) is 23.3 Å². The first kappa shape index (κ1) is 21.8. The molecule has 0 bridgehead atoms. The van der Waals surface area contributed by atoms with Gasteiger partial charge in [-0.1, -0.05) is 39.0 Å². The van der Waals surface area contributed by atoms with Crippen molar-refractivity contribution in [2.24, 2.45) is 0 Å². The van der Waals surface area contributed by atoms with Gasteiger partial charge in [-0.25, -0.2) is 4.79 Å². The SMILES string of the molecule is COC(=O)[C@H](Cc1ccc(O)c(O)c1)N(C=O)Oc1ccc(-c2cc(=S)ss2)cc1. The van der Waals surface area contributed by atoms with Crippen LogP contribution >= 0.6 is 32.9 Å². The van der Waals surface area contributed by atoms with Crippen LogP contribution in [0.3, 0.4) is 0 Å². The Kier molecular flexibility index (Phi) is 7.03. The molecular formula is C20H17NO6S3. The minimum Gasteiger partial charge on any atom is -0.504 e. The maximum absolute atomic E-state index is 12.3. The van der Waals surface area contributed by atoms with Crippen molar-refractivity contribution in [2.45, 2.75) is 12.5 Å². The lowest BCUT2D eigenvalue weighted by Crippen LogP contribution is -2.44. The van der Waals surface area contributed by atoms with Gasteiger partial charge < -0.3 is 19.8 Å². The Morgan fingerprint density at radius 3 is 2.43 bits per heavy atom. The molecule has 156 valence electrons. The zero-order chi connectivity index (χ0) is 21.7. The molecule has 2 N–H and O–H groups in total. The van der Waals surface area contributed by atoms with E-state index in [2.05, 4.69) is 0 Å². The fraction of sp³-hybridized carbons (Fsp3) is 0.150. The van der Waals surface area contributed by atoms with Gasteiger partial charge in [0.2, 0.25) is 6.41 Å². The van der Waals surface area contributed by atoms with Gasteiger partial charge in [-0.2, -0.15) is 5.06 Å². The third kappa shape index (κ3) is 5.15. The number of hydrogen-bond acceptors (Lipinski definition) is 9. The summed E-state index contributed by atoms with van der Waals surface area (Å²) in [4.78, 5) is 30.6.